The SMILES string of the molecule is FC(F)(F)Oc1ccc(SN2CC3(C2)CN(C2CCOCC2)C3)cc1. The zero-order valence-electron chi connectivity index (χ0n) is 13.8. The Hall–Kier alpha value is -0.960. The fourth-order valence-electron chi connectivity index (χ4n) is 3.94. The molecule has 0 bridgehead atoms. The van der Waals surface area contributed by atoms with Crippen molar-refractivity contribution in [3.05, 3.63) is 24.3 Å². The van der Waals surface area contributed by atoms with Gasteiger partial charge in [-0.3, -0.25) is 4.90 Å². The molecule has 3 fully saturated rings. The van der Waals surface area contributed by atoms with E-state index in [0.29, 0.717) is 11.5 Å². The molecular weight excluding hydrogens is 353 g/mol. The number of benzene rings is 1. The summed E-state index contributed by atoms with van der Waals surface area (Å²) < 4.78 is 48.1. The van der Waals surface area contributed by atoms with Crippen molar-refractivity contribution >= 4 is 11.9 Å². The normalized spacial score (nSPS) is 24.8. The van der Waals surface area contributed by atoms with Crippen LogP contribution in [0.4, 0.5) is 13.2 Å². The lowest BCUT2D eigenvalue weighted by molar-refractivity contribution is -0.274. The molecule has 0 radical (unpaired) electrons. The third-order valence-corrected chi connectivity index (χ3v) is 6.10. The molecule has 1 aromatic carbocycles. The van der Waals surface area contributed by atoms with Gasteiger partial charge in [-0.05, 0) is 49.1 Å². The predicted octanol–water partition coefficient (Wildman–Crippen LogP) is 3.39. The minimum absolute atomic E-state index is 0.178. The average molecular weight is 374 g/mol. The monoisotopic (exact) mass is 374 g/mol. The first-order chi connectivity index (χ1) is 11.9. The second-order valence-electron chi connectivity index (χ2n) is 7.16. The van der Waals surface area contributed by atoms with Crippen molar-refractivity contribution in [2.24, 2.45) is 5.41 Å². The summed E-state index contributed by atoms with van der Waals surface area (Å²) in [6.45, 7) is 6.16. The number of alkyl halides is 3. The smallest absolute Gasteiger partial charge is 0.406 e. The van der Waals surface area contributed by atoms with Crippen molar-refractivity contribution in [3.8, 4) is 5.75 Å². The quantitative estimate of drug-likeness (QED) is 0.753. The Balaban J connectivity index is 1.21. The van der Waals surface area contributed by atoms with E-state index in [4.69, 9.17) is 4.74 Å². The van der Waals surface area contributed by atoms with Crippen LogP contribution in [0.15, 0.2) is 29.2 Å². The van der Waals surface area contributed by atoms with Crippen LogP contribution in [-0.4, -0.2) is 61.0 Å². The molecule has 1 spiro atoms. The van der Waals surface area contributed by atoms with Crippen molar-refractivity contribution in [1.82, 2.24) is 9.21 Å². The second-order valence-corrected chi connectivity index (χ2v) is 8.33. The third kappa shape index (κ3) is 4.07. The summed E-state index contributed by atoms with van der Waals surface area (Å²) in [5.41, 5.74) is 0.421. The number of hydrogen-bond acceptors (Lipinski definition) is 5. The van der Waals surface area contributed by atoms with E-state index in [0.717, 1.165) is 57.1 Å². The highest BCUT2D eigenvalue weighted by Crippen LogP contribution is 2.45. The van der Waals surface area contributed by atoms with E-state index >= 15 is 0 Å². The summed E-state index contributed by atoms with van der Waals surface area (Å²) in [5.74, 6) is -0.178. The highest BCUT2D eigenvalue weighted by molar-refractivity contribution is 7.97. The molecule has 0 aliphatic carbocycles. The first kappa shape index (κ1) is 17.5. The number of ether oxygens (including phenoxy) is 2. The predicted molar refractivity (Wildman–Crippen MR) is 88.4 cm³/mol. The van der Waals surface area contributed by atoms with Crippen LogP contribution >= 0.6 is 11.9 Å². The van der Waals surface area contributed by atoms with Gasteiger partial charge in [-0.25, -0.2) is 4.31 Å². The summed E-state index contributed by atoms with van der Waals surface area (Å²) >= 11 is 1.60. The molecule has 4 rings (SSSR count). The average Bonchev–Trinajstić information content (AvgIpc) is 2.49. The van der Waals surface area contributed by atoms with Crippen LogP contribution in [0.25, 0.3) is 0 Å². The summed E-state index contributed by atoms with van der Waals surface area (Å²) in [4.78, 5) is 3.51. The van der Waals surface area contributed by atoms with Crippen LogP contribution in [0, 0.1) is 5.41 Å². The Morgan fingerprint density at radius 1 is 1.04 bits per heavy atom. The van der Waals surface area contributed by atoms with Crippen LogP contribution in [0.2, 0.25) is 0 Å². The molecule has 4 nitrogen and oxygen atoms in total. The molecule has 3 heterocycles. The van der Waals surface area contributed by atoms with E-state index in [2.05, 4.69) is 13.9 Å². The highest BCUT2D eigenvalue weighted by atomic mass is 32.2. The first-order valence-corrected chi connectivity index (χ1v) is 9.29. The van der Waals surface area contributed by atoms with Gasteiger partial charge in [-0.2, -0.15) is 0 Å². The molecule has 3 saturated heterocycles. The van der Waals surface area contributed by atoms with E-state index in [1.807, 2.05) is 0 Å². The van der Waals surface area contributed by atoms with Gasteiger partial charge in [0.15, 0.2) is 0 Å². The lowest BCUT2D eigenvalue weighted by Gasteiger charge is -2.62. The van der Waals surface area contributed by atoms with Gasteiger partial charge in [0.2, 0.25) is 0 Å². The largest absolute Gasteiger partial charge is 0.573 e. The lowest BCUT2D eigenvalue weighted by Crippen LogP contribution is -2.72. The molecule has 138 valence electrons. The number of likely N-dealkylation sites (tertiary alicyclic amines) is 1. The maximum atomic E-state index is 12.2. The minimum atomic E-state index is -4.64. The number of nitrogens with zero attached hydrogens (tertiary/aromatic N) is 2. The van der Waals surface area contributed by atoms with Crippen molar-refractivity contribution < 1.29 is 22.6 Å². The van der Waals surface area contributed by atoms with Crippen LogP contribution in [0.1, 0.15) is 12.8 Å². The molecule has 8 heteroatoms. The molecule has 0 aromatic heterocycles. The number of halogens is 3. The molecule has 1 aromatic rings. The van der Waals surface area contributed by atoms with Gasteiger partial charge in [0.05, 0.1) is 0 Å². The summed E-state index contributed by atoms with van der Waals surface area (Å²) in [5, 5.41) is 0. The van der Waals surface area contributed by atoms with Gasteiger partial charge in [-0.15, -0.1) is 13.2 Å². The van der Waals surface area contributed by atoms with Gasteiger partial charge in [-0.1, -0.05) is 0 Å². The van der Waals surface area contributed by atoms with Crippen molar-refractivity contribution in [2.45, 2.75) is 30.1 Å². The van der Waals surface area contributed by atoms with Gasteiger partial charge in [0, 0.05) is 55.7 Å². The fraction of sp³-hybridized carbons (Fsp3) is 0.647. The second kappa shape index (κ2) is 6.64. The summed E-state index contributed by atoms with van der Waals surface area (Å²) in [6, 6.07) is 6.75. The fourth-order valence-corrected chi connectivity index (χ4v) is 5.17. The van der Waals surface area contributed by atoms with Gasteiger partial charge < -0.3 is 9.47 Å². The Morgan fingerprint density at radius 2 is 1.68 bits per heavy atom. The van der Waals surface area contributed by atoms with Crippen molar-refractivity contribution in [1.29, 1.82) is 0 Å². The molecular formula is C17H21F3N2O2S. The zero-order chi connectivity index (χ0) is 17.5. The van der Waals surface area contributed by atoms with Gasteiger partial charge in [0.25, 0.3) is 0 Å². The molecule has 0 N–H and O–H groups in total. The van der Waals surface area contributed by atoms with Crippen molar-refractivity contribution in [2.75, 3.05) is 39.4 Å². The zero-order valence-corrected chi connectivity index (χ0v) is 14.6. The topological polar surface area (TPSA) is 24.9 Å². The molecule has 3 aliphatic heterocycles. The highest BCUT2D eigenvalue weighted by Gasteiger charge is 2.53. The number of rotatable bonds is 4. The van der Waals surface area contributed by atoms with E-state index < -0.39 is 6.36 Å². The van der Waals surface area contributed by atoms with E-state index in [-0.39, 0.29) is 5.75 Å². The Morgan fingerprint density at radius 3 is 2.28 bits per heavy atom. The minimum Gasteiger partial charge on any atom is -0.406 e. The lowest BCUT2D eigenvalue weighted by atomic mass is 9.73. The van der Waals surface area contributed by atoms with Crippen molar-refractivity contribution in [3.63, 3.8) is 0 Å². The standard InChI is InChI=1S/C17H21F3N2O2S/c18-17(19,20)24-14-1-3-15(4-2-14)25-22-11-16(12-22)9-21(10-16)13-5-7-23-8-6-13/h1-4,13H,5-12H2. The van der Waals surface area contributed by atoms with E-state index in [1.54, 1.807) is 24.1 Å². The van der Waals surface area contributed by atoms with Gasteiger partial charge in [0.1, 0.15) is 5.75 Å². The van der Waals surface area contributed by atoms with Gasteiger partial charge >= 0.3 is 6.36 Å². The van der Waals surface area contributed by atoms with Crippen LogP contribution < -0.4 is 4.74 Å². The molecule has 0 saturated carbocycles. The van der Waals surface area contributed by atoms with Crippen LogP contribution in [0.5, 0.6) is 5.75 Å². The van der Waals surface area contributed by atoms with E-state index in [1.165, 1.54) is 12.1 Å². The molecule has 0 atom stereocenters. The Kier molecular flexibility index (Phi) is 4.64. The Labute approximate surface area is 149 Å². The molecule has 3 aliphatic rings. The maximum absolute atomic E-state index is 12.2. The summed E-state index contributed by atoms with van der Waals surface area (Å²) in [6.07, 6.45) is -2.36. The first-order valence-electron chi connectivity index (χ1n) is 8.51. The van der Waals surface area contributed by atoms with E-state index in [9.17, 15) is 13.2 Å². The molecule has 0 amide bonds. The molecule has 25 heavy (non-hydrogen) atoms. The number of hydrogen-bond donors (Lipinski definition) is 0. The maximum Gasteiger partial charge on any atom is 0.573 e. The Bertz CT molecular complexity index is 591. The van der Waals surface area contributed by atoms with Crippen LogP contribution in [0.3, 0.4) is 0 Å². The van der Waals surface area contributed by atoms with Crippen LogP contribution in [-0.2, 0) is 4.74 Å². The molecule has 0 unspecified atom stereocenters. The summed E-state index contributed by atoms with van der Waals surface area (Å²) in [7, 11) is 0. The third-order valence-electron chi connectivity index (χ3n) is 5.10.